The lowest BCUT2D eigenvalue weighted by atomic mass is 10.2. The van der Waals surface area contributed by atoms with E-state index in [0.29, 0.717) is 5.82 Å². The minimum absolute atomic E-state index is 0.704. The SMILES string of the molecule is C/C=C(\C=NC)c1cnc2c(Nc3ccnc(N4CCNCC4)c3)nccn12. The number of fused-ring (bicyclic) bond motifs is 1. The van der Waals surface area contributed by atoms with Crippen LogP contribution in [0.2, 0.25) is 0 Å². The topological polar surface area (TPSA) is 82.7 Å². The standard InChI is InChI=1S/C20H24N8/c1-3-15(13-21-2)17-14-25-20-19(24-8-11-28(17)20)26-16-4-5-23-18(12-16)27-9-6-22-7-10-27/h3-5,8,11-14,22H,6-7,9-10H2,1-2H3,(H,23,24,26)/b15-3+,21-13?. The molecular weight excluding hydrogens is 352 g/mol. The molecule has 1 aliphatic rings. The van der Waals surface area contributed by atoms with Gasteiger partial charge in [-0.25, -0.2) is 15.0 Å². The summed E-state index contributed by atoms with van der Waals surface area (Å²) in [4.78, 5) is 20.0. The molecule has 4 rings (SSSR count). The molecule has 28 heavy (non-hydrogen) atoms. The van der Waals surface area contributed by atoms with Gasteiger partial charge in [0.2, 0.25) is 0 Å². The van der Waals surface area contributed by atoms with Gasteiger partial charge in [0, 0.05) is 75.4 Å². The molecule has 2 N–H and O–H groups in total. The number of nitrogens with zero attached hydrogens (tertiary/aromatic N) is 6. The quantitative estimate of drug-likeness (QED) is 0.666. The van der Waals surface area contributed by atoms with Crippen molar-refractivity contribution in [3.05, 3.63) is 48.7 Å². The van der Waals surface area contributed by atoms with Crippen LogP contribution < -0.4 is 15.5 Å². The predicted molar refractivity (Wildman–Crippen MR) is 114 cm³/mol. The Morgan fingerprint density at radius 3 is 2.86 bits per heavy atom. The fourth-order valence-corrected chi connectivity index (χ4v) is 3.35. The average Bonchev–Trinajstić information content (AvgIpc) is 3.18. The molecule has 0 aromatic carbocycles. The number of rotatable bonds is 5. The van der Waals surface area contributed by atoms with E-state index in [1.54, 1.807) is 13.2 Å². The van der Waals surface area contributed by atoms with Crippen LogP contribution in [-0.4, -0.2) is 58.8 Å². The molecule has 0 radical (unpaired) electrons. The molecule has 8 nitrogen and oxygen atoms in total. The van der Waals surface area contributed by atoms with Crippen molar-refractivity contribution < 1.29 is 0 Å². The summed E-state index contributed by atoms with van der Waals surface area (Å²) in [5.41, 5.74) is 3.69. The maximum absolute atomic E-state index is 4.58. The minimum atomic E-state index is 0.704. The van der Waals surface area contributed by atoms with Gasteiger partial charge in [-0.1, -0.05) is 6.08 Å². The summed E-state index contributed by atoms with van der Waals surface area (Å²) in [6.45, 7) is 5.86. The smallest absolute Gasteiger partial charge is 0.180 e. The number of nitrogens with one attached hydrogen (secondary N) is 2. The second-order valence-corrected chi connectivity index (χ2v) is 6.51. The Morgan fingerprint density at radius 2 is 2.07 bits per heavy atom. The van der Waals surface area contributed by atoms with Gasteiger partial charge in [-0.15, -0.1) is 0 Å². The highest BCUT2D eigenvalue weighted by Gasteiger charge is 2.14. The van der Waals surface area contributed by atoms with Crippen LogP contribution in [0.5, 0.6) is 0 Å². The van der Waals surface area contributed by atoms with E-state index in [0.717, 1.165) is 54.6 Å². The first-order chi connectivity index (χ1) is 13.8. The van der Waals surface area contributed by atoms with Crippen molar-refractivity contribution in [2.24, 2.45) is 4.99 Å². The van der Waals surface area contributed by atoms with E-state index in [1.165, 1.54) is 0 Å². The van der Waals surface area contributed by atoms with Crippen LogP contribution in [0.25, 0.3) is 11.2 Å². The van der Waals surface area contributed by atoms with Gasteiger partial charge in [0.1, 0.15) is 5.82 Å². The van der Waals surface area contributed by atoms with E-state index in [2.05, 4.69) is 41.5 Å². The molecule has 1 saturated heterocycles. The number of hydrogen-bond acceptors (Lipinski definition) is 7. The third-order valence-electron chi connectivity index (χ3n) is 4.75. The first kappa shape index (κ1) is 18.1. The summed E-state index contributed by atoms with van der Waals surface area (Å²) >= 11 is 0. The molecule has 8 heteroatoms. The van der Waals surface area contributed by atoms with Crippen LogP contribution in [0.1, 0.15) is 12.6 Å². The van der Waals surface area contributed by atoms with E-state index in [4.69, 9.17) is 0 Å². The van der Waals surface area contributed by atoms with Crippen LogP contribution in [0, 0.1) is 0 Å². The van der Waals surface area contributed by atoms with Crippen LogP contribution >= 0.6 is 0 Å². The fraction of sp³-hybridized carbons (Fsp3) is 0.300. The maximum atomic E-state index is 4.58. The lowest BCUT2D eigenvalue weighted by Gasteiger charge is -2.28. The molecule has 0 aliphatic carbocycles. The monoisotopic (exact) mass is 376 g/mol. The van der Waals surface area contributed by atoms with Crippen molar-refractivity contribution in [1.29, 1.82) is 0 Å². The Kier molecular flexibility index (Phi) is 5.29. The molecule has 0 bridgehead atoms. The van der Waals surface area contributed by atoms with Gasteiger partial charge in [0.25, 0.3) is 0 Å². The number of hydrogen-bond donors (Lipinski definition) is 2. The second-order valence-electron chi connectivity index (χ2n) is 6.51. The van der Waals surface area contributed by atoms with E-state index < -0.39 is 0 Å². The maximum Gasteiger partial charge on any atom is 0.180 e. The van der Waals surface area contributed by atoms with Crippen molar-refractivity contribution in [3.63, 3.8) is 0 Å². The van der Waals surface area contributed by atoms with Crippen molar-refractivity contribution >= 4 is 34.8 Å². The van der Waals surface area contributed by atoms with E-state index in [9.17, 15) is 0 Å². The predicted octanol–water partition coefficient (Wildman–Crippen LogP) is 2.38. The zero-order chi connectivity index (χ0) is 19.3. The van der Waals surface area contributed by atoms with Crippen molar-refractivity contribution in [2.75, 3.05) is 43.4 Å². The Labute approximate surface area is 164 Å². The molecule has 0 saturated carbocycles. The van der Waals surface area contributed by atoms with Gasteiger partial charge >= 0.3 is 0 Å². The Bertz CT molecular complexity index is 1010. The largest absolute Gasteiger partial charge is 0.354 e. The van der Waals surface area contributed by atoms with Gasteiger partial charge < -0.3 is 15.5 Å². The van der Waals surface area contributed by atoms with Gasteiger partial charge in [-0.2, -0.15) is 0 Å². The molecule has 3 aromatic heterocycles. The number of aliphatic imine (C=N–C) groups is 1. The Balaban J connectivity index is 1.64. The Morgan fingerprint density at radius 1 is 1.21 bits per heavy atom. The average molecular weight is 376 g/mol. The van der Waals surface area contributed by atoms with Gasteiger partial charge in [0.15, 0.2) is 11.5 Å². The highest BCUT2D eigenvalue weighted by molar-refractivity contribution is 6.09. The number of pyridine rings is 1. The molecule has 3 aromatic rings. The zero-order valence-corrected chi connectivity index (χ0v) is 16.1. The minimum Gasteiger partial charge on any atom is -0.354 e. The Hall–Kier alpha value is -3.26. The highest BCUT2D eigenvalue weighted by Crippen LogP contribution is 2.24. The molecule has 1 aliphatic heterocycles. The summed E-state index contributed by atoms with van der Waals surface area (Å²) in [6.07, 6.45) is 11.2. The van der Waals surface area contributed by atoms with E-state index in [-0.39, 0.29) is 0 Å². The second kappa shape index (κ2) is 8.18. The summed E-state index contributed by atoms with van der Waals surface area (Å²) < 4.78 is 2.02. The lowest BCUT2D eigenvalue weighted by molar-refractivity contribution is 0.585. The summed E-state index contributed by atoms with van der Waals surface area (Å²) in [6, 6.07) is 4.00. The third-order valence-corrected chi connectivity index (χ3v) is 4.75. The third kappa shape index (κ3) is 3.59. The van der Waals surface area contributed by atoms with Gasteiger partial charge in [-0.05, 0) is 13.0 Å². The molecule has 144 valence electrons. The summed E-state index contributed by atoms with van der Waals surface area (Å²) in [5.74, 6) is 1.67. The lowest BCUT2D eigenvalue weighted by Crippen LogP contribution is -2.43. The van der Waals surface area contributed by atoms with E-state index in [1.807, 2.05) is 48.3 Å². The molecule has 0 atom stereocenters. The van der Waals surface area contributed by atoms with Crippen molar-refractivity contribution in [1.82, 2.24) is 24.7 Å². The molecule has 4 heterocycles. The van der Waals surface area contributed by atoms with Crippen LogP contribution in [-0.2, 0) is 0 Å². The zero-order valence-electron chi connectivity index (χ0n) is 16.1. The van der Waals surface area contributed by atoms with E-state index >= 15 is 0 Å². The molecule has 0 unspecified atom stereocenters. The number of piperazine rings is 1. The normalized spacial score (nSPS) is 15.5. The van der Waals surface area contributed by atoms with Crippen LogP contribution in [0.4, 0.5) is 17.3 Å². The highest BCUT2D eigenvalue weighted by atomic mass is 15.2. The molecule has 0 amide bonds. The van der Waals surface area contributed by atoms with Crippen LogP contribution in [0.3, 0.4) is 0 Å². The number of imidazole rings is 1. The fourth-order valence-electron chi connectivity index (χ4n) is 3.35. The summed E-state index contributed by atoms with van der Waals surface area (Å²) in [7, 11) is 1.76. The molecule has 0 spiro atoms. The van der Waals surface area contributed by atoms with Crippen LogP contribution in [0.15, 0.2) is 48.0 Å². The first-order valence-electron chi connectivity index (χ1n) is 9.40. The van der Waals surface area contributed by atoms with Crippen molar-refractivity contribution in [2.45, 2.75) is 6.92 Å². The van der Waals surface area contributed by atoms with Crippen molar-refractivity contribution in [3.8, 4) is 0 Å². The number of anilines is 3. The van der Waals surface area contributed by atoms with Gasteiger partial charge in [0.05, 0.1) is 11.9 Å². The molecular formula is C20H24N8. The molecule has 1 fully saturated rings. The first-order valence-corrected chi connectivity index (χ1v) is 9.40. The van der Waals surface area contributed by atoms with Gasteiger partial charge in [-0.3, -0.25) is 9.39 Å². The number of allylic oxidation sites excluding steroid dienone is 2. The number of aromatic nitrogens is 4. The summed E-state index contributed by atoms with van der Waals surface area (Å²) in [5, 5.41) is 6.76.